The van der Waals surface area contributed by atoms with Gasteiger partial charge in [0.05, 0.1) is 0 Å². The van der Waals surface area contributed by atoms with Crippen LogP contribution in [0.15, 0.2) is 0 Å². The highest BCUT2D eigenvalue weighted by molar-refractivity contribution is 8.21. The molecule has 0 aliphatic heterocycles. The Balaban J connectivity index is 2.34. The van der Waals surface area contributed by atoms with E-state index < -0.39 is 0 Å². The van der Waals surface area contributed by atoms with E-state index in [9.17, 15) is 0 Å². The summed E-state index contributed by atoms with van der Waals surface area (Å²) in [6.07, 6.45) is 1.31. The molecule has 0 N–H and O–H groups in total. The lowest BCUT2D eigenvalue weighted by Gasteiger charge is -1.84. The van der Waals surface area contributed by atoms with Gasteiger partial charge in [-0.1, -0.05) is 17.0 Å². The fraction of sp³-hybridized carbons (Fsp3) is 1.00. The molecular weight excluding hydrogens is 132 g/mol. The molecule has 0 heterocycles. The smallest absolute Gasteiger partial charge is 0.00822 e. The number of halogens is 1. The summed E-state index contributed by atoms with van der Waals surface area (Å²) in [4.78, 5) is 0. The van der Waals surface area contributed by atoms with Crippen molar-refractivity contribution in [1.82, 2.24) is 0 Å². The molecule has 0 spiro atoms. The normalized spacial score (nSPS) is 9.50. The van der Waals surface area contributed by atoms with Crippen LogP contribution in [0.4, 0.5) is 0 Å². The van der Waals surface area contributed by atoms with Gasteiger partial charge in [-0.15, -0.1) is 0 Å². The molecule has 0 unspecified atom stereocenters. The molecule has 0 aliphatic carbocycles. The molecule has 6 heavy (non-hydrogen) atoms. The van der Waals surface area contributed by atoms with Crippen LogP contribution in [-0.2, 0) is 0 Å². The van der Waals surface area contributed by atoms with Gasteiger partial charge in [0.1, 0.15) is 0 Å². The van der Waals surface area contributed by atoms with Crippen molar-refractivity contribution < 1.29 is 0 Å². The summed E-state index contributed by atoms with van der Waals surface area (Å²) >= 11 is 0. The van der Waals surface area contributed by atoms with Crippen molar-refractivity contribution in [1.29, 1.82) is 0 Å². The molecule has 3 heteroatoms. The Bertz CT molecular complexity index is 22.8. The van der Waals surface area contributed by atoms with Gasteiger partial charge in [-0.2, -0.15) is 0 Å². The molecule has 0 aromatic carbocycles. The Labute approximate surface area is 50.6 Å². The standard InChI is InChI=1S/C3H9ClSSi/c4-5-2-1-3-6/h1-3H2,6H3. The van der Waals surface area contributed by atoms with Gasteiger partial charge in [0.25, 0.3) is 0 Å². The zero-order chi connectivity index (χ0) is 4.83. The van der Waals surface area contributed by atoms with Crippen LogP contribution in [-0.4, -0.2) is 16.0 Å². The summed E-state index contributed by atoms with van der Waals surface area (Å²) in [5.74, 6) is 1.13. The van der Waals surface area contributed by atoms with Gasteiger partial charge in [-0.05, 0) is 17.1 Å². The van der Waals surface area contributed by atoms with Crippen molar-refractivity contribution in [2.75, 3.05) is 5.75 Å². The molecule has 0 fully saturated rings. The van der Waals surface area contributed by atoms with E-state index in [2.05, 4.69) is 0 Å². The Morgan fingerprint density at radius 3 is 2.50 bits per heavy atom. The first-order chi connectivity index (χ1) is 2.91. The maximum absolute atomic E-state index is 5.31. The Morgan fingerprint density at radius 1 is 1.67 bits per heavy atom. The number of hydrogen-bond acceptors (Lipinski definition) is 1. The van der Waals surface area contributed by atoms with Gasteiger partial charge >= 0.3 is 0 Å². The van der Waals surface area contributed by atoms with Crippen LogP contribution in [0.2, 0.25) is 6.04 Å². The molecule has 0 saturated carbocycles. The van der Waals surface area contributed by atoms with Crippen molar-refractivity contribution in [2.24, 2.45) is 0 Å². The summed E-state index contributed by atoms with van der Waals surface area (Å²) in [6.45, 7) is 0. The molecule has 0 aromatic rings. The summed E-state index contributed by atoms with van der Waals surface area (Å²) < 4.78 is 0. The number of rotatable bonds is 3. The predicted octanol–water partition coefficient (Wildman–Crippen LogP) is 1.05. The fourth-order valence-electron chi connectivity index (χ4n) is 0.199. The van der Waals surface area contributed by atoms with E-state index in [1.165, 1.54) is 33.7 Å². The van der Waals surface area contributed by atoms with E-state index in [1.54, 1.807) is 0 Å². The zero-order valence-corrected chi connectivity index (χ0v) is 7.48. The molecule has 0 bridgehead atoms. The molecule has 38 valence electrons. The topological polar surface area (TPSA) is 0 Å². The first kappa shape index (κ1) is 6.86. The minimum Gasteiger partial charge on any atom is -0.0650 e. The lowest BCUT2D eigenvalue weighted by molar-refractivity contribution is 1.10. The third kappa shape index (κ3) is 4.86. The van der Waals surface area contributed by atoms with Crippen LogP contribution in [0, 0.1) is 0 Å². The Kier molecular flexibility index (Phi) is 6.69. The fourth-order valence-corrected chi connectivity index (χ4v) is 1.79. The highest BCUT2D eigenvalue weighted by atomic mass is 35.7. The molecule has 0 aliphatic rings. The lowest BCUT2D eigenvalue weighted by atomic mass is 10.6. The van der Waals surface area contributed by atoms with Gasteiger partial charge in [-0.3, -0.25) is 0 Å². The van der Waals surface area contributed by atoms with Crippen LogP contribution in [0.1, 0.15) is 6.42 Å². The molecular formula is C3H9ClSSi. The van der Waals surface area contributed by atoms with Crippen molar-refractivity contribution >= 4 is 31.9 Å². The minimum absolute atomic E-state index is 1.13. The second kappa shape index (κ2) is 5.86. The minimum atomic E-state index is 1.13. The van der Waals surface area contributed by atoms with Crippen LogP contribution in [0.25, 0.3) is 0 Å². The van der Waals surface area contributed by atoms with E-state index in [0.29, 0.717) is 0 Å². The van der Waals surface area contributed by atoms with Crippen molar-refractivity contribution in [2.45, 2.75) is 12.5 Å². The average Bonchev–Trinajstić information content (AvgIpc) is 1.61. The second-order valence-corrected chi connectivity index (χ2v) is 3.45. The molecule has 0 amide bonds. The maximum Gasteiger partial charge on any atom is 0.00822 e. The monoisotopic (exact) mass is 140 g/mol. The quantitative estimate of drug-likeness (QED) is 0.417. The van der Waals surface area contributed by atoms with Crippen LogP contribution < -0.4 is 0 Å². The maximum atomic E-state index is 5.31. The van der Waals surface area contributed by atoms with E-state index in [0.717, 1.165) is 5.75 Å². The van der Waals surface area contributed by atoms with E-state index >= 15 is 0 Å². The molecule has 0 aromatic heterocycles. The highest BCUT2D eigenvalue weighted by Crippen LogP contribution is 2.07. The van der Waals surface area contributed by atoms with Crippen LogP contribution in [0.3, 0.4) is 0 Å². The van der Waals surface area contributed by atoms with Gasteiger partial charge < -0.3 is 0 Å². The first-order valence-electron chi connectivity index (χ1n) is 2.15. The number of hydrogen-bond donors (Lipinski definition) is 0. The van der Waals surface area contributed by atoms with Crippen molar-refractivity contribution in [3.63, 3.8) is 0 Å². The Morgan fingerprint density at radius 2 is 2.33 bits per heavy atom. The Hall–Kier alpha value is 0.857. The molecule has 0 saturated heterocycles. The summed E-state index contributed by atoms with van der Waals surface area (Å²) in [7, 11) is 8.06. The van der Waals surface area contributed by atoms with Crippen LogP contribution >= 0.6 is 21.7 Å². The highest BCUT2D eigenvalue weighted by Gasteiger charge is 1.77. The van der Waals surface area contributed by atoms with Crippen molar-refractivity contribution in [3.8, 4) is 0 Å². The SMILES string of the molecule is [SiH3]CCCSCl. The predicted molar refractivity (Wildman–Crippen MR) is 37.7 cm³/mol. The zero-order valence-electron chi connectivity index (χ0n) is 3.91. The average molecular weight is 141 g/mol. The first-order valence-corrected chi connectivity index (χ1v) is 5.38. The summed E-state index contributed by atoms with van der Waals surface area (Å²) in [6, 6.07) is 1.39. The van der Waals surface area contributed by atoms with Gasteiger partial charge in [0, 0.05) is 16.0 Å². The third-order valence-corrected chi connectivity index (χ3v) is 2.19. The molecule has 0 nitrogen and oxygen atoms in total. The lowest BCUT2D eigenvalue weighted by Crippen LogP contribution is -1.71. The van der Waals surface area contributed by atoms with Crippen molar-refractivity contribution in [3.05, 3.63) is 0 Å². The van der Waals surface area contributed by atoms with E-state index in [1.807, 2.05) is 0 Å². The third-order valence-electron chi connectivity index (χ3n) is 0.575. The van der Waals surface area contributed by atoms with Crippen LogP contribution in [0.5, 0.6) is 0 Å². The van der Waals surface area contributed by atoms with E-state index in [-0.39, 0.29) is 0 Å². The molecule has 0 atom stereocenters. The summed E-state index contributed by atoms with van der Waals surface area (Å²) in [5.41, 5.74) is 0. The van der Waals surface area contributed by atoms with Gasteiger partial charge in [0.2, 0.25) is 0 Å². The largest absolute Gasteiger partial charge is 0.0650 e. The van der Waals surface area contributed by atoms with Gasteiger partial charge in [-0.25, -0.2) is 0 Å². The van der Waals surface area contributed by atoms with Gasteiger partial charge in [0.15, 0.2) is 0 Å². The molecule has 0 rings (SSSR count). The summed E-state index contributed by atoms with van der Waals surface area (Å²) in [5, 5.41) is 0. The molecule has 0 radical (unpaired) electrons. The van der Waals surface area contributed by atoms with E-state index in [4.69, 9.17) is 10.7 Å². The second-order valence-electron chi connectivity index (χ2n) is 1.17.